The highest BCUT2D eigenvalue weighted by molar-refractivity contribution is 7.89. The lowest BCUT2D eigenvalue weighted by atomic mass is 9.87. The van der Waals surface area contributed by atoms with E-state index in [1.54, 1.807) is 26.2 Å². The van der Waals surface area contributed by atoms with Crippen LogP contribution in [0.15, 0.2) is 114 Å². The molecule has 0 bridgehead atoms. The molecule has 8 rings (SSSR count). The van der Waals surface area contributed by atoms with Crippen LogP contribution in [0.1, 0.15) is 67.3 Å². The van der Waals surface area contributed by atoms with Crippen LogP contribution in [0.4, 0.5) is 4.79 Å². The molecule has 2 saturated heterocycles. The third-order valence-electron chi connectivity index (χ3n) is 12.7. The minimum Gasteiger partial charge on any atom is -0.497 e. The van der Waals surface area contributed by atoms with E-state index < -0.39 is 15.6 Å². The number of carbonyl (C=O) groups excluding carboxylic acids is 1. The van der Waals surface area contributed by atoms with E-state index in [2.05, 4.69) is 10.3 Å². The monoisotopic (exact) mass is 955 g/mol. The van der Waals surface area contributed by atoms with E-state index in [1.165, 1.54) is 9.10 Å². The molecule has 5 aromatic carbocycles. The molecule has 2 aliphatic heterocycles. The summed E-state index contributed by atoms with van der Waals surface area (Å²) in [5, 5.41) is 22.1. The Labute approximate surface area is 404 Å². The zero-order chi connectivity index (χ0) is 48.9. The lowest BCUT2D eigenvalue weighted by molar-refractivity contribution is 0.00818. The number of carbonyl (C=O) groups is 1. The van der Waals surface area contributed by atoms with Gasteiger partial charge in [-0.2, -0.15) is 9.10 Å². The highest BCUT2D eigenvalue weighted by Crippen LogP contribution is 2.42. The number of rotatable bonds is 16. The normalized spacial score (nSPS) is 14.7. The first-order chi connectivity index (χ1) is 33.1. The van der Waals surface area contributed by atoms with Crippen molar-refractivity contribution < 1.29 is 32.2 Å². The van der Waals surface area contributed by atoms with Crippen molar-refractivity contribution in [1.29, 1.82) is 5.41 Å². The molecular weight excluding hydrogens is 895 g/mol. The SMILES string of the molecule is COc1ccc(CN(Cc2ccc(OC)cc2)S(=O)(=O)c2c(CC3CCN(C(=N)N)CC3)ccc(-c3ccc(C4CN(C(=O)OC(C)(C)C)C4)cc3)c2-c2nnn(Cc3ccc(OC)cc3)n2)cc1. The van der Waals surface area contributed by atoms with Crippen LogP contribution in [0, 0.1) is 11.3 Å². The predicted molar refractivity (Wildman–Crippen MR) is 264 cm³/mol. The molecule has 0 aliphatic carbocycles. The molecule has 2 aliphatic rings. The Bertz CT molecular complexity index is 2790. The van der Waals surface area contributed by atoms with Gasteiger partial charge in [-0.1, -0.05) is 72.8 Å². The van der Waals surface area contributed by atoms with E-state index in [4.69, 9.17) is 35.2 Å². The van der Waals surface area contributed by atoms with Crippen LogP contribution in [-0.2, 0) is 40.8 Å². The maximum atomic E-state index is 16.2. The van der Waals surface area contributed by atoms with E-state index in [0.717, 1.165) is 40.7 Å². The minimum absolute atomic E-state index is 0.0311. The molecule has 3 heterocycles. The number of aromatic nitrogens is 4. The maximum Gasteiger partial charge on any atom is 0.410 e. The molecule has 3 N–H and O–H groups in total. The average Bonchev–Trinajstić information content (AvgIpc) is 3.79. The Morgan fingerprint density at radius 1 is 0.754 bits per heavy atom. The molecule has 0 radical (unpaired) electrons. The van der Waals surface area contributed by atoms with Crippen molar-refractivity contribution in [2.24, 2.45) is 11.7 Å². The van der Waals surface area contributed by atoms with Gasteiger partial charge in [-0.3, -0.25) is 5.41 Å². The number of methoxy groups -OCH3 is 3. The number of nitrogens with two attached hydrogens (primary N) is 1. The summed E-state index contributed by atoms with van der Waals surface area (Å²) in [4.78, 5) is 17.9. The van der Waals surface area contributed by atoms with Gasteiger partial charge in [0.2, 0.25) is 15.8 Å². The zero-order valence-electron chi connectivity index (χ0n) is 40.1. The van der Waals surface area contributed by atoms with Gasteiger partial charge in [0.1, 0.15) is 22.8 Å². The van der Waals surface area contributed by atoms with Crippen LogP contribution in [0.3, 0.4) is 0 Å². The number of hydrogen-bond donors (Lipinski definition) is 2. The molecule has 0 unspecified atom stereocenters. The van der Waals surface area contributed by atoms with Gasteiger partial charge < -0.3 is 34.5 Å². The van der Waals surface area contributed by atoms with Gasteiger partial charge in [-0.05, 0) is 127 Å². The number of tetrazole rings is 1. The fourth-order valence-electron chi connectivity index (χ4n) is 8.86. The summed E-state index contributed by atoms with van der Waals surface area (Å²) >= 11 is 0. The number of ether oxygens (including phenoxy) is 4. The largest absolute Gasteiger partial charge is 0.497 e. The second kappa shape index (κ2) is 20.7. The summed E-state index contributed by atoms with van der Waals surface area (Å²) < 4.78 is 55.7. The second-order valence-corrected chi connectivity index (χ2v) is 20.5. The summed E-state index contributed by atoms with van der Waals surface area (Å²) in [5.74, 6) is 2.44. The summed E-state index contributed by atoms with van der Waals surface area (Å²) in [6.45, 7) is 8.19. The Kier molecular flexibility index (Phi) is 14.6. The van der Waals surface area contributed by atoms with Crippen molar-refractivity contribution in [3.05, 3.63) is 137 Å². The van der Waals surface area contributed by atoms with Crippen LogP contribution in [0.5, 0.6) is 17.2 Å². The third-order valence-corrected chi connectivity index (χ3v) is 14.6. The molecule has 1 amide bonds. The van der Waals surface area contributed by atoms with Crippen LogP contribution in [0.25, 0.3) is 22.5 Å². The van der Waals surface area contributed by atoms with E-state index >= 15 is 8.42 Å². The number of hydrogen-bond acceptors (Lipinski definition) is 11. The van der Waals surface area contributed by atoms with Gasteiger partial charge in [-0.15, -0.1) is 10.2 Å². The number of piperidine rings is 1. The Morgan fingerprint density at radius 2 is 1.29 bits per heavy atom. The standard InChI is InChI=1S/C52H61N9O7S/c1-52(2,3)68-51(62)59-33-42(34-59)39-13-15-40(16-14-39)46-24-17-41(29-35-25-27-58(28-26-35)50(53)54)48(47(46)49-55-57-61(56-49)32-38-11-22-45(67-6)23-12-38)69(63,64)60(30-36-7-18-43(65-4)19-8-36)31-37-9-20-44(66-5)21-10-37/h7-24,35,42H,25-34H2,1-6H3,(H3,53,54). The van der Waals surface area contributed by atoms with Gasteiger partial charge in [0.15, 0.2) is 5.96 Å². The maximum absolute atomic E-state index is 16.2. The first-order valence-corrected chi connectivity index (χ1v) is 24.5. The number of amides is 1. The number of nitrogens with one attached hydrogen (secondary N) is 1. The Hall–Kier alpha value is -6.98. The molecule has 16 nitrogen and oxygen atoms in total. The van der Waals surface area contributed by atoms with Crippen LogP contribution >= 0.6 is 0 Å². The summed E-state index contributed by atoms with van der Waals surface area (Å²) in [5.41, 5.74) is 11.2. The summed E-state index contributed by atoms with van der Waals surface area (Å²) in [6, 6.07) is 34.3. The predicted octanol–water partition coefficient (Wildman–Crippen LogP) is 7.95. The van der Waals surface area contributed by atoms with Crippen LogP contribution in [-0.4, -0.2) is 108 Å². The highest BCUT2D eigenvalue weighted by atomic mass is 32.2. The van der Waals surface area contributed by atoms with Crippen LogP contribution in [0.2, 0.25) is 0 Å². The average molecular weight is 956 g/mol. The van der Waals surface area contributed by atoms with E-state index in [0.29, 0.717) is 66.5 Å². The number of likely N-dealkylation sites (tertiary alicyclic amines) is 2. The minimum atomic E-state index is -4.42. The molecule has 6 aromatic rings. The summed E-state index contributed by atoms with van der Waals surface area (Å²) in [6.07, 6.45) is 1.56. The van der Waals surface area contributed by atoms with Crippen molar-refractivity contribution in [2.75, 3.05) is 47.5 Å². The van der Waals surface area contributed by atoms with Gasteiger partial charge in [-0.25, -0.2) is 13.2 Å². The zero-order valence-corrected chi connectivity index (χ0v) is 40.9. The second-order valence-electron chi connectivity index (χ2n) is 18.7. The highest BCUT2D eigenvalue weighted by Gasteiger charge is 2.37. The van der Waals surface area contributed by atoms with Gasteiger partial charge in [0, 0.05) is 45.2 Å². The van der Waals surface area contributed by atoms with Crippen molar-refractivity contribution in [3.8, 4) is 39.8 Å². The molecule has 362 valence electrons. The topological polar surface area (TPSA) is 191 Å². The van der Waals surface area contributed by atoms with Crippen molar-refractivity contribution in [2.45, 2.75) is 76.1 Å². The Morgan fingerprint density at radius 3 is 1.80 bits per heavy atom. The number of benzene rings is 5. The molecule has 17 heteroatoms. The smallest absolute Gasteiger partial charge is 0.410 e. The van der Waals surface area contributed by atoms with E-state index in [1.807, 2.05) is 135 Å². The molecular formula is C52H61N9O7S. The molecule has 1 aromatic heterocycles. The Balaban J connectivity index is 1.26. The lowest BCUT2D eigenvalue weighted by Crippen LogP contribution is -2.50. The number of guanidine groups is 1. The van der Waals surface area contributed by atoms with E-state index in [9.17, 15) is 4.79 Å². The third kappa shape index (κ3) is 11.5. The first kappa shape index (κ1) is 48.5. The molecule has 0 saturated carbocycles. The number of nitrogens with zero attached hydrogens (tertiary/aromatic N) is 7. The van der Waals surface area contributed by atoms with Gasteiger partial charge in [0.25, 0.3) is 0 Å². The lowest BCUT2D eigenvalue weighted by Gasteiger charge is -2.40. The molecule has 2 fully saturated rings. The van der Waals surface area contributed by atoms with Crippen LogP contribution < -0.4 is 19.9 Å². The molecule has 0 atom stereocenters. The fourth-order valence-corrected chi connectivity index (χ4v) is 10.7. The van der Waals surface area contributed by atoms with Gasteiger partial charge in [0.05, 0.1) is 38.3 Å². The van der Waals surface area contributed by atoms with Crippen molar-refractivity contribution in [1.82, 2.24) is 34.3 Å². The fraction of sp³-hybridized carbons (Fsp3) is 0.365. The van der Waals surface area contributed by atoms with Crippen molar-refractivity contribution >= 4 is 22.1 Å². The van der Waals surface area contributed by atoms with Crippen molar-refractivity contribution in [3.63, 3.8) is 0 Å². The molecule has 0 spiro atoms. The first-order valence-electron chi connectivity index (χ1n) is 23.1. The summed E-state index contributed by atoms with van der Waals surface area (Å²) in [7, 11) is 0.385. The quantitative estimate of drug-likeness (QED) is 0.0704. The van der Waals surface area contributed by atoms with Gasteiger partial charge >= 0.3 is 6.09 Å². The number of sulfonamides is 1. The molecule has 69 heavy (non-hydrogen) atoms. The van der Waals surface area contributed by atoms with E-state index in [-0.39, 0.29) is 54.2 Å².